The van der Waals surface area contributed by atoms with Crippen LogP contribution < -0.4 is 47.1 Å². The quantitative estimate of drug-likeness (QED) is 0.0261. The molecule has 0 heterocycles. The van der Waals surface area contributed by atoms with Crippen molar-refractivity contribution in [3.63, 3.8) is 0 Å². The SMILES string of the molecule is C.C.CNC(=O)C(Cc1ccc(N)cc1)NC(=O)c1ccc(OC(C)C)c(Cl)c1.CNC(=O)C(Cc1ccc(NC(=O)Nc2ccccc2)cc1)NC(=O)c1ccc(OC(C)C)c(Cl)c1.O=C=Nc1ccccc1. The van der Waals surface area contributed by atoms with Crippen molar-refractivity contribution in [2.24, 2.45) is 4.99 Å². The molecule has 6 aromatic carbocycles. The van der Waals surface area contributed by atoms with Gasteiger partial charge in [0.25, 0.3) is 11.8 Å². The van der Waals surface area contributed by atoms with Crippen LogP contribution in [0.2, 0.25) is 10.0 Å². The van der Waals surface area contributed by atoms with Crippen molar-refractivity contribution >= 4 is 81.7 Å². The third-order valence-corrected chi connectivity index (χ3v) is 10.5. The molecule has 0 aliphatic carbocycles. The van der Waals surface area contributed by atoms with E-state index in [0.717, 1.165) is 11.1 Å². The van der Waals surface area contributed by atoms with Gasteiger partial charge in [-0.3, -0.25) is 19.2 Å². The Kier molecular flexibility index (Phi) is 26.8. The maximum Gasteiger partial charge on any atom is 0.323 e. The van der Waals surface area contributed by atoms with E-state index in [-0.39, 0.29) is 51.3 Å². The number of nitrogen functional groups attached to an aromatic ring is 1. The Bertz CT molecular complexity index is 2780. The maximum absolute atomic E-state index is 12.8. The number of nitrogens with one attached hydrogen (secondary N) is 6. The summed E-state index contributed by atoms with van der Waals surface area (Å²) in [4.78, 5) is 75.4. The minimum absolute atomic E-state index is 0. The second-order valence-corrected chi connectivity index (χ2v) is 17.0. The van der Waals surface area contributed by atoms with Crippen LogP contribution in [0.5, 0.6) is 11.5 Å². The summed E-state index contributed by atoms with van der Waals surface area (Å²) in [6.45, 7) is 7.55. The second-order valence-electron chi connectivity index (χ2n) is 16.2. The van der Waals surface area contributed by atoms with E-state index in [1.807, 2.05) is 76.2 Å². The third-order valence-electron chi connectivity index (χ3n) is 9.88. The summed E-state index contributed by atoms with van der Waals surface area (Å²) >= 11 is 12.4. The fourth-order valence-electron chi connectivity index (χ4n) is 6.45. The van der Waals surface area contributed by atoms with Gasteiger partial charge >= 0.3 is 6.03 Å². The molecule has 6 aromatic rings. The molecule has 0 aliphatic heterocycles. The lowest BCUT2D eigenvalue weighted by Crippen LogP contribution is -2.47. The zero-order valence-electron chi connectivity index (χ0n) is 40.6. The number of aliphatic imine (C=N–C) groups is 1. The molecule has 18 heteroatoms. The number of rotatable bonds is 17. The second kappa shape index (κ2) is 32.0. The molecule has 2 unspecified atom stereocenters. The molecule has 392 valence electrons. The van der Waals surface area contributed by atoms with E-state index < -0.39 is 23.9 Å². The Morgan fingerprint density at radius 3 is 1.34 bits per heavy atom. The Labute approximate surface area is 443 Å². The minimum atomic E-state index is -0.812. The molecular weight excluding hydrogens is 984 g/mol. The van der Waals surface area contributed by atoms with Gasteiger partial charge < -0.3 is 47.1 Å². The Hall–Kier alpha value is -8.17. The van der Waals surface area contributed by atoms with E-state index in [9.17, 15) is 28.8 Å². The molecule has 0 saturated carbocycles. The normalized spacial score (nSPS) is 10.8. The lowest BCUT2D eigenvalue weighted by molar-refractivity contribution is -0.123. The van der Waals surface area contributed by atoms with Gasteiger partial charge in [0.15, 0.2) is 0 Å². The molecule has 0 saturated heterocycles. The monoisotopic (exact) mass is 1050 g/mol. The minimum Gasteiger partial charge on any atom is -0.489 e. The summed E-state index contributed by atoms with van der Waals surface area (Å²) < 4.78 is 11.2. The summed E-state index contributed by atoms with van der Waals surface area (Å²) in [6.07, 6.45) is 1.97. The topological polar surface area (TPSA) is 231 Å². The van der Waals surface area contributed by atoms with Crippen LogP contribution in [-0.2, 0) is 27.2 Å². The van der Waals surface area contributed by atoms with Gasteiger partial charge in [-0.05, 0) is 124 Å². The van der Waals surface area contributed by atoms with Crippen molar-refractivity contribution in [3.8, 4) is 11.5 Å². The van der Waals surface area contributed by atoms with Gasteiger partial charge in [-0.1, -0.05) is 98.7 Å². The van der Waals surface area contributed by atoms with Crippen LogP contribution in [-0.4, -0.2) is 74.1 Å². The number of benzene rings is 6. The van der Waals surface area contributed by atoms with Crippen LogP contribution in [0, 0.1) is 0 Å². The maximum atomic E-state index is 12.8. The van der Waals surface area contributed by atoms with Gasteiger partial charge in [-0.2, -0.15) is 4.99 Å². The number of hydrogen-bond donors (Lipinski definition) is 7. The molecule has 2 atom stereocenters. The first-order valence-electron chi connectivity index (χ1n) is 22.6. The predicted octanol–water partition coefficient (Wildman–Crippen LogP) is 10.6. The fraction of sp³-hybridized carbons (Fsp3) is 0.250. The zero-order chi connectivity index (χ0) is 52.6. The number of likely N-dealkylation sites (N-methyl/N-ethyl adjacent to an activating group) is 2. The lowest BCUT2D eigenvalue weighted by atomic mass is 10.0. The highest BCUT2D eigenvalue weighted by molar-refractivity contribution is 6.32. The summed E-state index contributed by atoms with van der Waals surface area (Å²) in [7, 11) is 3.04. The van der Waals surface area contributed by atoms with Crippen LogP contribution in [0.15, 0.2) is 151 Å². The van der Waals surface area contributed by atoms with E-state index in [1.54, 1.807) is 84.9 Å². The summed E-state index contributed by atoms with van der Waals surface area (Å²) in [5, 5.41) is 16.8. The molecule has 8 N–H and O–H groups in total. The highest BCUT2D eigenvalue weighted by atomic mass is 35.5. The number of anilines is 3. The summed E-state index contributed by atoms with van der Waals surface area (Å²) in [6, 6.07) is 39.9. The smallest absolute Gasteiger partial charge is 0.323 e. The summed E-state index contributed by atoms with van der Waals surface area (Å²) in [5.74, 6) is -0.454. The first kappa shape index (κ1) is 61.9. The van der Waals surface area contributed by atoms with Crippen LogP contribution in [0.25, 0.3) is 0 Å². The fourth-order valence-corrected chi connectivity index (χ4v) is 6.90. The van der Waals surface area contributed by atoms with E-state index in [4.69, 9.17) is 38.4 Å². The van der Waals surface area contributed by atoms with Gasteiger partial charge in [0.2, 0.25) is 17.9 Å². The van der Waals surface area contributed by atoms with E-state index in [0.29, 0.717) is 61.8 Å². The first-order valence-corrected chi connectivity index (χ1v) is 23.4. The number of hydrogen-bond acceptors (Lipinski definition) is 10. The largest absolute Gasteiger partial charge is 0.489 e. The molecule has 0 aromatic heterocycles. The predicted molar refractivity (Wildman–Crippen MR) is 297 cm³/mol. The zero-order valence-corrected chi connectivity index (χ0v) is 42.1. The number of carbonyl (C=O) groups excluding carboxylic acids is 6. The number of isocyanates is 1. The molecule has 0 spiro atoms. The van der Waals surface area contributed by atoms with Crippen molar-refractivity contribution in [2.75, 3.05) is 30.5 Å². The Morgan fingerprint density at radius 2 is 0.959 bits per heavy atom. The van der Waals surface area contributed by atoms with Crippen molar-refractivity contribution < 1.29 is 38.2 Å². The average Bonchev–Trinajstić information content (AvgIpc) is 3.36. The Balaban J connectivity index is 0.000000434. The Morgan fingerprint density at radius 1 is 0.568 bits per heavy atom. The molecular formula is C56H66Cl2N8O8. The highest BCUT2D eigenvalue weighted by Crippen LogP contribution is 2.28. The van der Waals surface area contributed by atoms with Crippen molar-refractivity contribution in [3.05, 3.63) is 178 Å². The van der Waals surface area contributed by atoms with Crippen molar-refractivity contribution in [2.45, 2.75) is 79.7 Å². The number of ether oxygens (including phenoxy) is 2. The van der Waals surface area contributed by atoms with Crippen molar-refractivity contribution in [1.29, 1.82) is 0 Å². The molecule has 6 rings (SSSR count). The standard InChI is InChI=1S/C27H29ClN4O4.C20H24ClN3O3.C7H5NO.2CH4/c1-17(2)36-24-14-11-19(16-22(24)28)25(33)32-23(26(34)29-3)15-18-9-12-21(13-10-18)31-27(35)30-20-7-5-4-6-8-20;1-12(2)27-18-9-6-14(11-16(18)21)19(25)24-17(20(26)23-3)10-13-4-7-15(22)8-5-13;9-6-8-7-4-2-1-3-5-7;;/h4-14,16-17,23H,15H2,1-3H3,(H,29,34)(H,32,33)(H2,30,31,35);4-9,11-12,17H,10,22H2,1-3H3,(H,23,26)(H,24,25);1-5H;2*1H4. The number of halogens is 2. The van der Waals surface area contributed by atoms with E-state index in [2.05, 4.69) is 36.9 Å². The molecule has 0 aliphatic rings. The number of para-hydroxylation sites is 2. The molecule has 0 fully saturated rings. The van der Waals surface area contributed by atoms with E-state index in [1.165, 1.54) is 32.3 Å². The third kappa shape index (κ3) is 21.3. The van der Waals surface area contributed by atoms with E-state index >= 15 is 0 Å². The van der Waals surface area contributed by atoms with Gasteiger partial charge in [-0.25, -0.2) is 9.59 Å². The van der Waals surface area contributed by atoms with Gasteiger partial charge in [0.1, 0.15) is 23.6 Å². The molecule has 0 radical (unpaired) electrons. The number of urea groups is 1. The number of nitrogens with two attached hydrogens (primary N) is 1. The number of carbonyl (C=O) groups is 5. The van der Waals surface area contributed by atoms with Gasteiger partial charge in [0, 0.05) is 55.1 Å². The molecule has 74 heavy (non-hydrogen) atoms. The van der Waals surface area contributed by atoms with Crippen LogP contribution in [0.4, 0.5) is 27.5 Å². The van der Waals surface area contributed by atoms with Gasteiger partial charge in [-0.15, -0.1) is 0 Å². The summed E-state index contributed by atoms with van der Waals surface area (Å²) in [5.41, 5.74) is 10.6. The van der Waals surface area contributed by atoms with Gasteiger partial charge in [0.05, 0.1) is 27.9 Å². The average molecular weight is 1050 g/mol. The molecule has 16 nitrogen and oxygen atoms in total. The number of amides is 6. The van der Waals surface area contributed by atoms with Crippen LogP contribution >= 0.6 is 23.2 Å². The number of nitrogens with zero attached hydrogens (tertiary/aromatic N) is 1. The first-order chi connectivity index (χ1) is 34.5. The van der Waals surface area contributed by atoms with Crippen LogP contribution in [0.3, 0.4) is 0 Å². The lowest BCUT2D eigenvalue weighted by Gasteiger charge is -2.18. The highest BCUT2D eigenvalue weighted by Gasteiger charge is 2.23. The van der Waals surface area contributed by atoms with Crippen molar-refractivity contribution in [1.82, 2.24) is 21.3 Å². The molecule has 6 amide bonds. The van der Waals surface area contributed by atoms with Crippen LogP contribution in [0.1, 0.15) is 74.4 Å². The molecule has 0 bridgehead atoms.